The van der Waals surface area contributed by atoms with E-state index >= 15 is 0 Å². The van der Waals surface area contributed by atoms with Gasteiger partial charge in [0, 0.05) is 10.2 Å². The molecule has 0 radical (unpaired) electrons. The van der Waals surface area contributed by atoms with Crippen molar-refractivity contribution in [2.24, 2.45) is 16.6 Å². The van der Waals surface area contributed by atoms with Crippen molar-refractivity contribution in [3.8, 4) is 5.75 Å². The number of nitrogens with two attached hydrogens (primary N) is 2. The third kappa shape index (κ3) is 7.68. The molecule has 0 saturated heterocycles. The first-order valence-corrected chi connectivity index (χ1v) is 11.4. The summed E-state index contributed by atoms with van der Waals surface area (Å²) in [5.41, 5.74) is 9.77. The normalized spacial score (nSPS) is 10.5. The predicted molar refractivity (Wildman–Crippen MR) is 128 cm³/mol. The Hall–Kier alpha value is -3.26. The number of benzene rings is 1. The van der Waals surface area contributed by atoms with Gasteiger partial charge in [0.2, 0.25) is 11.9 Å². The van der Waals surface area contributed by atoms with Crippen molar-refractivity contribution in [2.45, 2.75) is 25.8 Å². The van der Waals surface area contributed by atoms with E-state index in [1.807, 2.05) is 0 Å². The zero-order valence-electron chi connectivity index (χ0n) is 17.3. The molecule has 0 unspecified atom stereocenters. The zero-order valence-corrected chi connectivity index (χ0v) is 19.7. The van der Waals surface area contributed by atoms with Gasteiger partial charge < -0.3 is 30.9 Å². The molecule has 6 N–H and O–H groups in total. The molecule has 1 aromatic carbocycles. The number of rotatable bonds is 10. The lowest BCUT2D eigenvalue weighted by molar-refractivity contribution is -0.122. The molecule has 2 rings (SSSR count). The molecular weight excluding hydrogens is 520 g/mol. The van der Waals surface area contributed by atoms with Gasteiger partial charge in [0.25, 0.3) is 15.6 Å². The summed E-state index contributed by atoms with van der Waals surface area (Å²) in [6.07, 6.45) is 0. The van der Waals surface area contributed by atoms with Crippen molar-refractivity contribution < 1.29 is 22.8 Å². The second-order valence-corrected chi connectivity index (χ2v) is 8.95. The minimum Gasteiger partial charge on any atom is -0.495 e. The summed E-state index contributed by atoms with van der Waals surface area (Å²) in [5.74, 6) is -0.633. The van der Waals surface area contributed by atoms with Crippen LogP contribution in [0.5, 0.6) is 5.75 Å². The average molecular weight is 547 g/mol. The van der Waals surface area contributed by atoms with Crippen LogP contribution in [0, 0.1) is 6.92 Å². The van der Waals surface area contributed by atoms with Crippen LogP contribution >= 0.6 is 15.9 Å². The van der Waals surface area contributed by atoms with Crippen LogP contribution in [-0.2, 0) is 26.2 Å². The van der Waals surface area contributed by atoms with Crippen molar-refractivity contribution in [1.82, 2.24) is 9.88 Å². The van der Waals surface area contributed by atoms with E-state index in [-0.39, 0.29) is 49.4 Å². The highest BCUT2D eigenvalue weighted by Gasteiger charge is 2.22. The van der Waals surface area contributed by atoms with Crippen LogP contribution in [0.3, 0.4) is 0 Å². The summed E-state index contributed by atoms with van der Waals surface area (Å²) < 4.78 is 34.8. The third-order valence-corrected chi connectivity index (χ3v) is 5.92. The number of halogens is 1. The number of methoxy groups -OCH3 is 1. The number of sulfonamides is 1. The molecule has 1 amide bonds. The number of ether oxygens (including phenoxy) is 1. The number of aromatic nitrogens is 1. The van der Waals surface area contributed by atoms with Gasteiger partial charge in [-0.3, -0.25) is 14.3 Å². The molecule has 0 aliphatic heterocycles. The first kappa shape index (κ1) is 27.8. The lowest BCUT2D eigenvalue weighted by Crippen LogP contribution is -2.36. The molecule has 33 heavy (non-hydrogen) atoms. The SMILES string of the molecule is C.COc1ccc(Br)cc1S(=O)(=O)Nc1ccc(C)n(CC(=O)NCCON=C(N)N)c1=O. The molecule has 182 valence electrons. The fourth-order valence-corrected chi connectivity index (χ4v) is 4.33. The number of aryl methyl sites for hydroxylation is 1. The Balaban J connectivity index is 0.00000544. The quantitative estimate of drug-likeness (QED) is 0.145. The molecular formula is C19H27BrN6O6S. The monoisotopic (exact) mass is 546 g/mol. The molecule has 2 aromatic rings. The number of carbonyl (C=O) groups is 1. The number of amides is 1. The largest absolute Gasteiger partial charge is 0.495 e. The van der Waals surface area contributed by atoms with E-state index in [4.69, 9.17) is 21.0 Å². The lowest BCUT2D eigenvalue weighted by atomic mass is 10.3. The minimum absolute atomic E-state index is 0. The van der Waals surface area contributed by atoms with Crippen LogP contribution in [0.4, 0.5) is 5.69 Å². The van der Waals surface area contributed by atoms with Crippen molar-refractivity contribution in [3.05, 3.63) is 50.9 Å². The van der Waals surface area contributed by atoms with Gasteiger partial charge >= 0.3 is 0 Å². The van der Waals surface area contributed by atoms with E-state index in [1.165, 1.54) is 31.4 Å². The number of pyridine rings is 1. The Bertz CT molecular complexity index is 1180. The van der Waals surface area contributed by atoms with Crippen LogP contribution in [0.25, 0.3) is 0 Å². The summed E-state index contributed by atoms with van der Waals surface area (Å²) in [5, 5.41) is 5.85. The maximum atomic E-state index is 12.9. The van der Waals surface area contributed by atoms with Crippen molar-refractivity contribution in [3.63, 3.8) is 0 Å². The first-order valence-electron chi connectivity index (χ1n) is 9.09. The molecule has 0 atom stereocenters. The topological polar surface area (TPSA) is 180 Å². The van der Waals surface area contributed by atoms with Gasteiger partial charge in [-0.05, 0) is 42.4 Å². The highest BCUT2D eigenvalue weighted by atomic mass is 79.9. The number of hydrogen-bond acceptors (Lipinski definition) is 7. The van der Waals surface area contributed by atoms with E-state index in [0.29, 0.717) is 10.2 Å². The van der Waals surface area contributed by atoms with Crippen LogP contribution in [0.15, 0.2) is 49.7 Å². The third-order valence-electron chi connectivity index (χ3n) is 4.04. The highest BCUT2D eigenvalue weighted by molar-refractivity contribution is 9.10. The molecule has 14 heteroatoms. The van der Waals surface area contributed by atoms with E-state index < -0.39 is 21.5 Å². The number of oxime groups is 1. The van der Waals surface area contributed by atoms with Crippen LogP contribution < -0.4 is 31.8 Å². The summed E-state index contributed by atoms with van der Waals surface area (Å²) in [6.45, 7) is 1.40. The molecule has 1 heterocycles. The fourth-order valence-electron chi connectivity index (χ4n) is 2.56. The number of nitrogens with zero attached hydrogens (tertiary/aromatic N) is 2. The Morgan fingerprint density at radius 3 is 2.58 bits per heavy atom. The fraction of sp³-hybridized carbons (Fsp3) is 0.316. The summed E-state index contributed by atoms with van der Waals surface area (Å²) in [7, 11) is -2.82. The van der Waals surface area contributed by atoms with Crippen molar-refractivity contribution >= 4 is 43.5 Å². The molecule has 0 saturated carbocycles. The number of anilines is 1. The molecule has 1 aromatic heterocycles. The van der Waals surface area contributed by atoms with E-state index in [0.717, 1.165) is 4.57 Å². The van der Waals surface area contributed by atoms with Gasteiger partial charge in [0.1, 0.15) is 29.5 Å². The van der Waals surface area contributed by atoms with Gasteiger partial charge in [0.15, 0.2) is 0 Å². The molecule has 0 aliphatic carbocycles. The number of carbonyl (C=O) groups excluding carboxylic acids is 1. The standard InChI is InChI=1S/C18H23BrN6O6S.CH4/c1-11-3-5-13(24-32(28,29)15-9-12(19)4-6-14(15)30-2)17(27)25(11)10-16(26)22-7-8-31-23-18(20)21;/h3-6,9,24H,7-8,10H2,1-2H3,(H,22,26)(H4,20,21,23);1H4. The van der Waals surface area contributed by atoms with Crippen molar-refractivity contribution in [2.75, 3.05) is 25.0 Å². The van der Waals surface area contributed by atoms with E-state index in [1.54, 1.807) is 13.0 Å². The van der Waals surface area contributed by atoms with Crippen LogP contribution in [-0.4, -0.2) is 45.1 Å². The van der Waals surface area contributed by atoms with E-state index in [2.05, 4.69) is 31.1 Å². The Labute approximate surface area is 200 Å². The minimum atomic E-state index is -4.15. The maximum Gasteiger partial charge on any atom is 0.275 e. The smallest absolute Gasteiger partial charge is 0.275 e. The lowest BCUT2D eigenvalue weighted by Gasteiger charge is -2.15. The Morgan fingerprint density at radius 1 is 1.24 bits per heavy atom. The second-order valence-electron chi connectivity index (χ2n) is 6.38. The maximum absolute atomic E-state index is 12.9. The highest BCUT2D eigenvalue weighted by Crippen LogP contribution is 2.28. The van der Waals surface area contributed by atoms with Gasteiger partial charge in [0.05, 0.1) is 13.7 Å². The van der Waals surface area contributed by atoms with Crippen LogP contribution in [0.2, 0.25) is 0 Å². The molecule has 0 fully saturated rings. The second kappa shape index (κ2) is 12.1. The van der Waals surface area contributed by atoms with Crippen molar-refractivity contribution in [1.29, 1.82) is 0 Å². The first-order chi connectivity index (χ1) is 15.0. The van der Waals surface area contributed by atoms with Gasteiger partial charge in [-0.2, -0.15) is 0 Å². The number of hydrogen-bond donors (Lipinski definition) is 4. The van der Waals surface area contributed by atoms with Crippen LogP contribution in [0.1, 0.15) is 13.1 Å². The predicted octanol–water partition coefficient (Wildman–Crippen LogP) is 0.686. The number of guanidine groups is 1. The average Bonchev–Trinajstić information content (AvgIpc) is 2.72. The van der Waals surface area contributed by atoms with Gasteiger partial charge in [-0.1, -0.05) is 23.4 Å². The molecule has 12 nitrogen and oxygen atoms in total. The molecule has 0 bridgehead atoms. The molecule has 0 aliphatic rings. The Kier molecular flexibility index (Phi) is 10.2. The Morgan fingerprint density at radius 2 is 1.94 bits per heavy atom. The zero-order chi connectivity index (χ0) is 23.9. The summed E-state index contributed by atoms with van der Waals surface area (Å²) in [6, 6.07) is 7.31. The summed E-state index contributed by atoms with van der Waals surface area (Å²) in [4.78, 5) is 29.6. The number of nitrogens with one attached hydrogen (secondary N) is 2. The molecule has 0 spiro atoms. The van der Waals surface area contributed by atoms with Gasteiger partial charge in [-0.15, -0.1) is 0 Å². The summed E-state index contributed by atoms with van der Waals surface area (Å²) >= 11 is 3.22. The van der Waals surface area contributed by atoms with E-state index in [9.17, 15) is 18.0 Å². The van der Waals surface area contributed by atoms with Gasteiger partial charge in [-0.25, -0.2) is 8.42 Å².